The lowest BCUT2D eigenvalue weighted by Gasteiger charge is -2.28. The number of para-hydroxylation sites is 1. The van der Waals surface area contributed by atoms with E-state index >= 15 is 0 Å². The first-order chi connectivity index (χ1) is 17.5. The van der Waals surface area contributed by atoms with Gasteiger partial charge in [0.25, 0.3) is 5.91 Å². The number of methoxy groups -OCH3 is 1. The molecule has 0 fully saturated rings. The molecule has 0 bridgehead atoms. The Morgan fingerprint density at radius 1 is 0.861 bits per heavy atom. The van der Waals surface area contributed by atoms with Gasteiger partial charge >= 0.3 is 0 Å². The molecule has 0 aliphatic heterocycles. The van der Waals surface area contributed by atoms with E-state index in [2.05, 4.69) is 41.4 Å². The van der Waals surface area contributed by atoms with Gasteiger partial charge in [-0.2, -0.15) is 0 Å². The third kappa shape index (κ3) is 6.40. The van der Waals surface area contributed by atoms with Gasteiger partial charge in [0.05, 0.1) is 6.61 Å². The number of aryl methyl sites for hydroxylation is 1. The van der Waals surface area contributed by atoms with Crippen molar-refractivity contribution in [3.05, 3.63) is 107 Å². The molecular weight excluding hydrogens is 450 g/mol. The third-order valence-electron chi connectivity index (χ3n) is 6.37. The Balaban J connectivity index is 1.53. The lowest BCUT2D eigenvalue weighted by atomic mass is 10.1. The van der Waals surface area contributed by atoms with E-state index < -0.39 is 0 Å². The summed E-state index contributed by atoms with van der Waals surface area (Å²) in [6, 6.07) is 25.5. The number of amides is 2. The minimum absolute atomic E-state index is 0.00314. The second kappa shape index (κ2) is 12.2. The first-order valence-electron chi connectivity index (χ1n) is 12.3. The Hall–Kier alpha value is -3.90. The number of aromatic nitrogens is 1. The Morgan fingerprint density at radius 3 is 2.33 bits per heavy atom. The Morgan fingerprint density at radius 2 is 1.58 bits per heavy atom. The molecule has 0 atom stereocenters. The molecule has 6 nitrogen and oxygen atoms in total. The van der Waals surface area contributed by atoms with Gasteiger partial charge in [-0.25, -0.2) is 0 Å². The molecule has 1 aromatic heterocycles. The smallest absolute Gasteiger partial charge is 0.254 e. The fourth-order valence-electron chi connectivity index (χ4n) is 4.28. The first kappa shape index (κ1) is 25.2. The van der Waals surface area contributed by atoms with E-state index in [4.69, 9.17) is 4.74 Å². The predicted molar refractivity (Wildman–Crippen MR) is 143 cm³/mol. The molecule has 0 aliphatic rings. The number of benzene rings is 3. The van der Waals surface area contributed by atoms with Crippen LogP contribution in [0.4, 0.5) is 0 Å². The van der Waals surface area contributed by atoms with E-state index in [1.165, 1.54) is 16.5 Å². The number of carbonyl (C=O) groups is 2. The second-order valence-corrected chi connectivity index (χ2v) is 9.00. The van der Waals surface area contributed by atoms with Crippen LogP contribution < -0.4 is 0 Å². The average molecular weight is 484 g/mol. The number of hydrogen-bond acceptors (Lipinski definition) is 3. The van der Waals surface area contributed by atoms with Crippen LogP contribution in [0.3, 0.4) is 0 Å². The summed E-state index contributed by atoms with van der Waals surface area (Å²) in [5.41, 5.74) is 5.05. The Kier molecular flexibility index (Phi) is 8.53. The normalized spacial score (nSPS) is 10.9. The predicted octanol–water partition coefficient (Wildman–Crippen LogP) is 4.84. The van der Waals surface area contributed by atoms with E-state index in [-0.39, 0.29) is 18.4 Å². The number of nitrogens with one attached hydrogen (secondary N) is 1. The highest BCUT2D eigenvalue weighted by Crippen LogP contribution is 2.19. The third-order valence-corrected chi connectivity index (χ3v) is 6.37. The maximum absolute atomic E-state index is 13.6. The topological polar surface area (TPSA) is 65.6 Å². The van der Waals surface area contributed by atoms with E-state index in [0.29, 0.717) is 38.2 Å². The van der Waals surface area contributed by atoms with Crippen molar-refractivity contribution in [2.45, 2.75) is 19.9 Å². The molecule has 2 amide bonds. The highest BCUT2D eigenvalue weighted by Gasteiger charge is 2.23. The van der Waals surface area contributed by atoms with Crippen LogP contribution in [0.25, 0.3) is 10.9 Å². The van der Waals surface area contributed by atoms with E-state index in [0.717, 1.165) is 11.1 Å². The number of carbonyl (C=O) groups excluding carboxylic acids is 2. The summed E-state index contributed by atoms with van der Waals surface area (Å²) in [5.74, 6) is -0.260. The molecule has 0 spiro atoms. The number of aromatic amines is 1. The van der Waals surface area contributed by atoms with Crippen LogP contribution >= 0.6 is 0 Å². The van der Waals surface area contributed by atoms with E-state index in [1.54, 1.807) is 24.1 Å². The number of nitrogens with zero attached hydrogens (tertiary/aromatic N) is 2. The zero-order chi connectivity index (χ0) is 25.3. The molecule has 0 saturated heterocycles. The molecule has 0 aliphatic carbocycles. The van der Waals surface area contributed by atoms with Crippen molar-refractivity contribution < 1.29 is 14.3 Å². The minimum Gasteiger partial charge on any atom is -0.383 e. The molecule has 0 radical (unpaired) electrons. The quantitative estimate of drug-likeness (QED) is 0.332. The highest BCUT2D eigenvalue weighted by molar-refractivity contribution is 5.96. The van der Waals surface area contributed by atoms with E-state index in [9.17, 15) is 9.59 Å². The van der Waals surface area contributed by atoms with Crippen LogP contribution in [-0.4, -0.2) is 59.9 Å². The van der Waals surface area contributed by atoms with Crippen molar-refractivity contribution in [1.29, 1.82) is 0 Å². The van der Waals surface area contributed by atoms with Gasteiger partial charge < -0.3 is 19.5 Å². The zero-order valence-electron chi connectivity index (χ0n) is 20.9. The summed E-state index contributed by atoms with van der Waals surface area (Å²) in [7, 11) is 1.60. The van der Waals surface area contributed by atoms with Gasteiger partial charge in [0.2, 0.25) is 5.91 Å². The van der Waals surface area contributed by atoms with Crippen LogP contribution in [0.15, 0.2) is 85.1 Å². The van der Waals surface area contributed by atoms with Crippen molar-refractivity contribution in [3.63, 3.8) is 0 Å². The lowest BCUT2D eigenvalue weighted by molar-refractivity contribution is -0.132. The van der Waals surface area contributed by atoms with Gasteiger partial charge in [-0.1, -0.05) is 66.2 Å². The van der Waals surface area contributed by atoms with Crippen molar-refractivity contribution in [3.8, 4) is 0 Å². The molecule has 4 rings (SSSR count). The van der Waals surface area contributed by atoms with Crippen LogP contribution in [0.5, 0.6) is 0 Å². The average Bonchev–Trinajstić information content (AvgIpc) is 3.33. The molecule has 6 heteroatoms. The summed E-state index contributed by atoms with van der Waals surface area (Å²) >= 11 is 0. The number of ether oxygens (including phenoxy) is 1. The first-order valence-corrected chi connectivity index (χ1v) is 12.3. The molecule has 1 heterocycles. The van der Waals surface area contributed by atoms with Gasteiger partial charge in [-0.05, 0) is 42.7 Å². The van der Waals surface area contributed by atoms with Crippen LogP contribution in [-0.2, 0) is 22.5 Å². The number of rotatable bonds is 11. The Bertz CT molecular complexity index is 1280. The maximum Gasteiger partial charge on any atom is 0.254 e. The zero-order valence-corrected chi connectivity index (χ0v) is 20.9. The van der Waals surface area contributed by atoms with Crippen molar-refractivity contribution >= 4 is 22.7 Å². The summed E-state index contributed by atoms with van der Waals surface area (Å²) in [6.45, 7) is 3.78. The summed E-state index contributed by atoms with van der Waals surface area (Å²) in [5, 5.41) is 1.17. The molecule has 1 N–H and O–H groups in total. The molecule has 36 heavy (non-hydrogen) atoms. The molecule has 186 valence electrons. The molecule has 4 aromatic rings. The standard InChI is InChI=1S/C30H33N3O3/c1-23-12-14-24(15-13-23)21-32(17-16-26-20-31-28-11-7-6-10-27(26)28)29(34)22-33(18-19-36-2)30(35)25-8-4-3-5-9-25/h3-15,20,31H,16-19,21-22H2,1-2H3. The van der Waals surface area contributed by atoms with Crippen LogP contribution in [0, 0.1) is 6.92 Å². The SMILES string of the molecule is COCCN(CC(=O)N(CCc1c[nH]c2ccccc12)Cc1ccc(C)cc1)C(=O)c1ccccc1. The largest absolute Gasteiger partial charge is 0.383 e. The monoisotopic (exact) mass is 483 g/mol. The summed E-state index contributed by atoms with van der Waals surface area (Å²) in [4.78, 5) is 33.6. The number of fused-ring (bicyclic) bond motifs is 1. The fourth-order valence-corrected chi connectivity index (χ4v) is 4.28. The van der Waals surface area contributed by atoms with Crippen LogP contribution in [0.1, 0.15) is 27.0 Å². The van der Waals surface area contributed by atoms with Crippen LogP contribution in [0.2, 0.25) is 0 Å². The van der Waals surface area contributed by atoms with Crippen molar-refractivity contribution in [1.82, 2.24) is 14.8 Å². The fraction of sp³-hybridized carbons (Fsp3) is 0.267. The van der Waals surface area contributed by atoms with Gasteiger partial charge in [-0.15, -0.1) is 0 Å². The van der Waals surface area contributed by atoms with Crippen molar-refractivity contribution in [2.75, 3.05) is 33.4 Å². The minimum atomic E-state index is -0.173. The van der Waals surface area contributed by atoms with Gasteiger partial charge in [0.1, 0.15) is 6.54 Å². The molecule has 3 aromatic carbocycles. The van der Waals surface area contributed by atoms with E-state index in [1.807, 2.05) is 48.4 Å². The van der Waals surface area contributed by atoms with Crippen molar-refractivity contribution in [2.24, 2.45) is 0 Å². The highest BCUT2D eigenvalue weighted by atomic mass is 16.5. The Labute approximate surface area is 212 Å². The molecular formula is C30H33N3O3. The molecule has 0 unspecified atom stereocenters. The summed E-state index contributed by atoms with van der Waals surface area (Å²) in [6.07, 6.45) is 2.73. The molecule has 0 saturated carbocycles. The summed E-state index contributed by atoms with van der Waals surface area (Å²) < 4.78 is 5.22. The number of H-pyrrole nitrogens is 1. The lowest BCUT2D eigenvalue weighted by Crippen LogP contribution is -2.44. The maximum atomic E-state index is 13.6. The van der Waals surface area contributed by atoms with Gasteiger partial charge in [-0.3, -0.25) is 9.59 Å². The second-order valence-electron chi connectivity index (χ2n) is 9.00. The van der Waals surface area contributed by atoms with Gasteiger partial charge in [0, 0.05) is 49.4 Å². The number of hydrogen-bond donors (Lipinski definition) is 1. The van der Waals surface area contributed by atoms with Gasteiger partial charge in [0.15, 0.2) is 0 Å².